The fraction of sp³-hybridized carbons (Fsp3) is 0.750. The van der Waals surface area contributed by atoms with Gasteiger partial charge in [0.1, 0.15) is 0 Å². The first kappa shape index (κ1) is 16.0. The van der Waals surface area contributed by atoms with Gasteiger partial charge in [-0.3, -0.25) is 4.90 Å². The van der Waals surface area contributed by atoms with Gasteiger partial charge in [0.15, 0.2) is 0 Å². The van der Waals surface area contributed by atoms with Crippen molar-refractivity contribution in [1.29, 1.82) is 0 Å². The SMILES string of the molecule is CCOC1CC(N)(CN(C)C(C)c2cccs2)C1(C)C. The third-order valence-electron chi connectivity index (χ3n) is 5.15. The van der Waals surface area contributed by atoms with Crippen LogP contribution in [-0.2, 0) is 4.74 Å². The Morgan fingerprint density at radius 2 is 2.25 bits per heavy atom. The van der Waals surface area contributed by atoms with Crippen LogP contribution in [0, 0.1) is 5.41 Å². The van der Waals surface area contributed by atoms with Gasteiger partial charge in [-0.05, 0) is 38.8 Å². The smallest absolute Gasteiger partial charge is 0.0662 e. The fourth-order valence-electron chi connectivity index (χ4n) is 3.10. The van der Waals surface area contributed by atoms with E-state index in [0.717, 1.165) is 19.6 Å². The summed E-state index contributed by atoms with van der Waals surface area (Å²) < 4.78 is 5.81. The van der Waals surface area contributed by atoms with Gasteiger partial charge in [0.25, 0.3) is 0 Å². The van der Waals surface area contributed by atoms with Crippen molar-refractivity contribution in [2.24, 2.45) is 11.1 Å². The minimum absolute atomic E-state index is 0.0342. The average molecular weight is 296 g/mol. The number of thiophene rings is 1. The highest BCUT2D eigenvalue weighted by atomic mass is 32.1. The highest BCUT2D eigenvalue weighted by Gasteiger charge is 2.58. The number of nitrogens with zero attached hydrogens (tertiary/aromatic N) is 1. The van der Waals surface area contributed by atoms with Crippen LogP contribution in [-0.4, -0.2) is 36.7 Å². The lowest BCUT2D eigenvalue weighted by atomic mass is 9.54. The Morgan fingerprint density at radius 1 is 1.55 bits per heavy atom. The lowest BCUT2D eigenvalue weighted by molar-refractivity contribution is -0.156. The Balaban J connectivity index is 1.99. The predicted octanol–water partition coefficient (Wildman–Crippen LogP) is 3.27. The van der Waals surface area contributed by atoms with Crippen molar-refractivity contribution in [2.45, 2.75) is 51.8 Å². The summed E-state index contributed by atoms with van der Waals surface area (Å²) in [5.41, 5.74) is 6.55. The molecule has 1 saturated carbocycles. The molecule has 0 saturated heterocycles. The summed E-state index contributed by atoms with van der Waals surface area (Å²) in [6, 6.07) is 4.72. The molecule has 20 heavy (non-hydrogen) atoms. The molecule has 2 rings (SSSR count). The minimum Gasteiger partial charge on any atom is -0.378 e. The molecule has 3 atom stereocenters. The third-order valence-corrected chi connectivity index (χ3v) is 6.20. The second-order valence-corrected chi connectivity index (χ2v) is 7.61. The molecule has 2 N–H and O–H groups in total. The molecule has 0 amide bonds. The van der Waals surface area contributed by atoms with E-state index in [1.807, 2.05) is 11.3 Å². The van der Waals surface area contributed by atoms with Crippen LogP contribution in [0.3, 0.4) is 0 Å². The number of rotatable bonds is 6. The fourth-order valence-corrected chi connectivity index (χ4v) is 3.95. The highest BCUT2D eigenvalue weighted by molar-refractivity contribution is 7.10. The molecule has 0 bridgehead atoms. The molecule has 0 radical (unpaired) electrons. The van der Waals surface area contributed by atoms with E-state index in [0.29, 0.717) is 12.1 Å². The van der Waals surface area contributed by atoms with Crippen LogP contribution in [0.15, 0.2) is 17.5 Å². The Labute approximate surface area is 127 Å². The van der Waals surface area contributed by atoms with E-state index in [4.69, 9.17) is 10.5 Å². The van der Waals surface area contributed by atoms with Crippen LogP contribution in [0.4, 0.5) is 0 Å². The zero-order valence-electron chi connectivity index (χ0n) is 13.3. The van der Waals surface area contributed by atoms with Gasteiger partial charge in [-0.1, -0.05) is 19.9 Å². The molecule has 0 aliphatic heterocycles. The number of nitrogens with two attached hydrogens (primary N) is 1. The standard InChI is InChI=1S/C16H28N2OS/c1-6-19-14-10-16(17,15(14,3)4)11-18(5)12(2)13-8-7-9-20-13/h7-9,12,14H,6,10-11,17H2,1-5H3. The summed E-state index contributed by atoms with van der Waals surface area (Å²) in [7, 11) is 2.17. The van der Waals surface area contributed by atoms with E-state index in [1.165, 1.54) is 4.88 Å². The first-order valence-corrected chi connectivity index (χ1v) is 8.34. The summed E-state index contributed by atoms with van der Waals surface area (Å²) in [6.45, 7) is 10.5. The van der Waals surface area contributed by atoms with Crippen molar-refractivity contribution in [3.8, 4) is 0 Å². The Bertz CT molecular complexity index is 432. The Kier molecular flexibility index (Phi) is 4.59. The summed E-state index contributed by atoms with van der Waals surface area (Å²) in [4.78, 5) is 3.77. The molecule has 1 heterocycles. The molecule has 114 valence electrons. The van der Waals surface area contributed by atoms with Crippen LogP contribution in [0.2, 0.25) is 0 Å². The second kappa shape index (κ2) is 5.76. The zero-order chi connectivity index (χ0) is 15.0. The minimum atomic E-state index is -0.160. The van der Waals surface area contributed by atoms with Crippen LogP contribution in [0.5, 0.6) is 0 Å². The predicted molar refractivity (Wildman–Crippen MR) is 86.1 cm³/mol. The van der Waals surface area contributed by atoms with Gasteiger partial charge in [-0.15, -0.1) is 11.3 Å². The summed E-state index contributed by atoms with van der Waals surface area (Å²) in [6.07, 6.45) is 1.25. The Morgan fingerprint density at radius 3 is 2.75 bits per heavy atom. The number of hydrogen-bond acceptors (Lipinski definition) is 4. The van der Waals surface area contributed by atoms with Gasteiger partial charge >= 0.3 is 0 Å². The van der Waals surface area contributed by atoms with Crippen molar-refractivity contribution in [1.82, 2.24) is 4.90 Å². The average Bonchev–Trinajstić information content (AvgIpc) is 2.91. The highest BCUT2D eigenvalue weighted by Crippen LogP contribution is 2.50. The molecule has 1 fully saturated rings. The van der Waals surface area contributed by atoms with Crippen LogP contribution < -0.4 is 5.73 Å². The lowest BCUT2D eigenvalue weighted by Crippen LogP contribution is -2.73. The molecule has 1 aliphatic rings. The van der Waals surface area contributed by atoms with Crippen molar-refractivity contribution in [3.05, 3.63) is 22.4 Å². The summed E-state index contributed by atoms with van der Waals surface area (Å²) in [5.74, 6) is 0. The summed E-state index contributed by atoms with van der Waals surface area (Å²) in [5, 5.41) is 2.14. The maximum absolute atomic E-state index is 6.68. The normalized spacial score (nSPS) is 30.2. The van der Waals surface area contributed by atoms with Crippen LogP contribution in [0.1, 0.15) is 45.0 Å². The van der Waals surface area contributed by atoms with E-state index in [1.54, 1.807) is 0 Å². The maximum Gasteiger partial charge on any atom is 0.0662 e. The van der Waals surface area contributed by atoms with Crippen molar-refractivity contribution < 1.29 is 4.74 Å². The van der Waals surface area contributed by atoms with Crippen molar-refractivity contribution in [3.63, 3.8) is 0 Å². The van der Waals surface area contributed by atoms with Gasteiger partial charge in [0.05, 0.1) is 6.10 Å². The molecular weight excluding hydrogens is 268 g/mol. The van der Waals surface area contributed by atoms with Crippen LogP contribution in [0.25, 0.3) is 0 Å². The first-order valence-electron chi connectivity index (χ1n) is 7.46. The van der Waals surface area contributed by atoms with E-state index in [2.05, 4.69) is 57.2 Å². The van der Waals surface area contributed by atoms with E-state index in [-0.39, 0.29) is 11.0 Å². The molecule has 4 heteroatoms. The van der Waals surface area contributed by atoms with Crippen LogP contribution >= 0.6 is 11.3 Å². The van der Waals surface area contributed by atoms with Crippen molar-refractivity contribution in [2.75, 3.05) is 20.2 Å². The number of hydrogen-bond donors (Lipinski definition) is 1. The monoisotopic (exact) mass is 296 g/mol. The zero-order valence-corrected chi connectivity index (χ0v) is 14.2. The van der Waals surface area contributed by atoms with Gasteiger partial charge < -0.3 is 10.5 Å². The van der Waals surface area contributed by atoms with E-state index < -0.39 is 0 Å². The topological polar surface area (TPSA) is 38.5 Å². The molecule has 3 nitrogen and oxygen atoms in total. The summed E-state index contributed by atoms with van der Waals surface area (Å²) >= 11 is 1.81. The third kappa shape index (κ3) is 2.67. The molecule has 0 aromatic carbocycles. The first-order chi connectivity index (χ1) is 9.32. The molecule has 1 aromatic heterocycles. The lowest BCUT2D eigenvalue weighted by Gasteiger charge is -2.60. The van der Waals surface area contributed by atoms with Gasteiger partial charge in [0.2, 0.25) is 0 Å². The molecular formula is C16H28N2OS. The molecule has 1 aromatic rings. The number of ether oxygens (including phenoxy) is 1. The van der Waals surface area contributed by atoms with Gasteiger partial charge in [-0.2, -0.15) is 0 Å². The molecule has 3 unspecified atom stereocenters. The van der Waals surface area contributed by atoms with Crippen molar-refractivity contribution >= 4 is 11.3 Å². The number of likely N-dealkylation sites (N-methyl/N-ethyl adjacent to an activating group) is 1. The molecule has 1 aliphatic carbocycles. The van der Waals surface area contributed by atoms with Gasteiger partial charge in [-0.25, -0.2) is 0 Å². The molecule has 0 spiro atoms. The largest absolute Gasteiger partial charge is 0.378 e. The Hall–Kier alpha value is -0.420. The van der Waals surface area contributed by atoms with E-state index in [9.17, 15) is 0 Å². The van der Waals surface area contributed by atoms with E-state index >= 15 is 0 Å². The maximum atomic E-state index is 6.68. The van der Waals surface area contributed by atoms with Gasteiger partial charge in [0, 0.05) is 35.0 Å². The quantitative estimate of drug-likeness (QED) is 0.875. The second-order valence-electron chi connectivity index (χ2n) is 6.63.